The largest absolute Gasteiger partial charge is 0.378 e. The van der Waals surface area contributed by atoms with Gasteiger partial charge in [-0.3, -0.25) is 4.79 Å². The average Bonchev–Trinajstić information content (AvgIpc) is 3.10. The predicted molar refractivity (Wildman–Crippen MR) is 74.6 cm³/mol. The third-order valence-electron chi connectivity index (χ3n) is 4.22. The molecule has 7 nitrogen and oxygen atoms in total. The van der Waals surface area contributed by atoms with Crippen LogP contribution in [0.4, 0.5) is 0 Å². The Balaban J connectivity index is 1.66. The molecule has 1 aliphatic carbocycles. The number of nitrogens with zero attached hydrogens (tertiary/aromatic N) is 2. The van der Waals surface area contributed by atoms with Crippen molar-refractivity contribution >= 4 is 5.91 Å². The van der Waals surface area contributed by atoms with Crippen LogP contribution in [-0.2, 0) is 15.1 Å². The number of ether oxygens (including phenoxy) is 1. The number of hydrogen-bond acceptors (Lipinski definition) is 6. The van der Waals surface area contributed by atoms with Crippen molar-refractivity contribution in [1.82, 2.24) is 20.8 Å². The number of amides is 1. The van der Waals surface area contributed by atoms with E-state index in [0.717, 1.165) is 32.2 Å². The summed E-state index contributed by atoms with van der Waals surface area (Å²) in [5, 5.41) is 10.5. The second-order valence-electron chi connectivity index (χ2n) is 5.90. The van der Waals surface area contributed by atoms with Gasteiger partial charge in [-0.05, 0) is 12.8 Å². The maximum atomic E-state index is 12.4. The van der Waals surface area contributed by atoms with E-state index in [0.29, 0.717) is 31.3 Å². The first-order valence-corrected chi connectivity index (χ1v) is 7.61. The van der Waals surface area contributed by atoms with Gasteiger partial charge in [0.25, 0.3) is 0 Å². The second-order valence-corrected chi connectivity index (χ2v) is 5.90. The van der Waals surface area contributed by atoms with Crippen LogP contribution in [0.15, 0.2) is 4.52 Å². The summed E-state index contributed by atoms with van der Waals surface area (Å²) >= 11 is 0. The van der Waals surface area contributed by atoms with Crippen LogP contribution in [0.25, 0.3) is 0 Å². The summed E-state index contributed by atoms with van der Waals surface area (Å²) in [5.74, 6) is 1.16. The molecule has 1 aromatic rings. The van der Waals surface area contributed by atoms with Gasteiger partial charge in [0.2, 0.25) is 11.8 Å². The molecule has 1 saturated heterocycles. The topological polar surface area (TPSA) is 89.3 Å². The molecule has 2 aliphatic rings. The lowest BCUT2D eigenvalue weighted by atomic mass is 9.96. The molecular formula is C14H22N4O3. The van der Waals surface area contributed by atoms with Gasteiger partial charge in [0.1, 0.15) is 5.54 Å². The maximum Gasteiger partial charge on any atom is 0.223 e. The van der Waals surface area contributed by atoms with Gasteiger partial charge in [-0.2, -0.15) is 4.98 Å². The van der Waals surface area contributed by atoms with Gasteiger partial charge in [-0.25, -0.2) is 0 Å². The number of carbonyl (C=O) groups excluding carboxylic acids is 1. The molecule has 116 valence electrons. The Kier molecular flexibility index (Phi) is 4.21. The molecule has 2 N–H and O–H groups in total. The quantitative estimate of drug-likeness (QED) is 0.847. The summed E-state index contributed by atoms with van der Waals surface area (Å²) in [7, 11) is 0. The molecule has 0 spiro atoms. The standard InChI is InChI=1S/C14H22N4O3/c1-10-16-13(18-21-10)14(4-2-3-5-14)17-12(19)8-11-9-20-7-6-15-11/h11,15H,2-9H2,1H3,(H,17,19). The Bertz CT molecular complexity index is 490. The summed E-state index contributed by atoms with van der Waals surface area (Å²) in [6.45, 7) is 3.86. The molecule has 3 rings (SSSR count). The van der Waals surface area contributed by atoms with Gasteiger partial charge in [0, 0.05) is 25.9 Å². The summed E-state index contributed by atoms with van der Waals surface area (Å²) in [4.78, 5) is 16.7. The first-order chi connectivity index (χ1) is 10.2. The molecule has 1 unspecified atom stereocenters. The number of aromatic nitrogens is 2. The van der Waals surface area contributed by atoms with Crippen molar-refractivity contribution in [3.8, 4) is 0 Å². The van der Waals surface area contributed by atoms with Crippen LogP contribution >= 0.6 is 0 Å². The van der Waals surface area contributed by atoms with Gasteiger partial charge in [0.15, 0.2) is 5.82 Å². The number of aryl methyl sites for hydroxylation is 1. The third-order valence-corrected chi connectivity index (χ3v) is 4.22. The highest BCUT2D eigenvalue weighted by Crippen LogP contribution is 2.37. The van der Waals surface area contributed by atoms with Gasteiger partial charge in [0.05, 0.1) is 13.2 Å². The Morgan fingerprint density at radius 3 is 2.90 bits per heavy atom. The number of carbonyl (C=O) groups is 1. The highest BCUT2D eigenvalue weighted by atomic mass is 16.5. The first kappa shape index (κ1) is 14.5. The van der Waals surface area contributed by atoms with E-state index in [1.165, 1.54) is 0 Å². The summed E-state index contributed by atoms with van der Waals surface area (Å²) in [6.07, 6.45) is 4.29. The monoisotopic (exact) mass is 294 g/mol. The molecule has 2 fully saturated rings. The van der Waals surface area contributed by atoms with Crippen molar-refractivity contribution in [2.24, 2.45) is 0 Å². The van der Waals surface area contributed by atoms with Crippen molar-refractivity contribution in [3.63, 3.8) is 0 Å². The van der Waals surface area contributed by atoms with Crippen LogP contribution in [-0.4, -0.2) is 41.8 Å². The lowest BCUT2D eigenvalue weighted by Gasteiger charge is -2.29. The van der Waals surface area contributed by atoms with Crippen molar-refractivity contribution in [2.45, 2.75) is 50.6 Å². The first-order valence-electron chi connectivity index (χ1n) is 7.61. The highest BCUT2D eigenvalue weighted by molar-refractivity contribution is 5.77. The fourth-order valence-corrected chi connectivity index (χ4v) is 3.17. The Hall–Kier alpha value is -1.47. The fourth-order valence-electron chi connectivity index (χ4n) is 3.17. The molecule has 2 heterocycles. The minimum atomic E-state index is -0.454. The van der Waals surface area contributed by atoms with Crippen LogP contribution < -0.4 is 10.6 Å². The molecule has 0 aromatic carbocycles. The van der Waals surface area contributed by atoms with Crippen LogP contribution in [0.1, 0.15) is 43.8 Å². The third kappa shape index (κ3) is 3.24. The van der Waals surface area contributed by atoms with Gasteiger partial charge in [-0.1, -0.05) is 18.0 Å². The van der Waals surface area contributed by atoms with Gasteiger partial charge < -0.3 is 19.9 Å². The normalized spacial score (nSPS) is 24.9. The summed E-state index contributed by atoms with van der Waals surface area (Å²) in [6, 6.07) is 0.0872. The maximum absolute atomic E-state index is 12.4. The highest BCUT2D eigenvalue weighted by Gasteiger charge is 2.41. The number of rotatable bonds is 4. The van der Waals surface area contributed by atoms with Crippen LogP contribution in [0.2, 0.25) is 0 Å². The van der Waals surface area contributed by atoms with Gasteiger partial charge >= 0.3 is 0 Å². The minimum Gasteiger partial charge on any atom is -0.378 e. The molecule has 0 radical (unpaired) electrons. The lowest BCUT2D eigenvalue weighted by molar-refractivity contribution is -0.124. The van der Waals surface area contributed by atoms with E-state index in [1.54, 1.807) is 6.92 Å². The smallest absolute Gasteiger partial charge is 0.223 e. The number of morpholine rings is 1. The van der Waals surface area contributed by atoms with E-state index >= 15 is 0 Å². The molecule has 21 heavy (non-hydrogen) atoms. The molecule has 0 bridgehead atoms. The summed E-state index contributed by atoms with van der Waals surface area (Å²) in [5.41, 5.74) is -0.454. The fraction of sp³-hybridized carbons (Fsp3) is 0.786. The van der Waals surface area contributed by atoms with E-state index in [2.05, 4.69) is 20.8 Å². The van der Waals surface area contributed by atoms with Crippen LogP contribution in [0, 0.1) is 6.92 Å². The van der Waals surface area contributed by atoms with Gasteiger partial charge in [-0.15, -0.1) is 0 Å². The number of hydrogen-bond donors (Lipinski definition) is 2. The Labute approximate surface area is 123 Å². The predicted octanol–water partition coefficient (Wildman–Crippen LogP) is 0.642. The lowest BCUT2D eigenvalue weighted by Crippen LogP contribution is -2.49. The van der Waals surface area contributed by atoms with Crippen molar-refractivity contribution < 1.29 is 14.1 Å². The molecule has 1 aromatic heterocycles. The minimum absolute atomic E-state index is 0.0161. The van der Waals surface area contributed by atoms with Crippen molar-refractivity contribution in [2.75, 3.05) is 19.8 Å². The molecule has 1 aliphatic heterocycles. The molecule has 1 amide bonds. The van der Waals surface area contributed by atoms with Crippen molar-refractivity contribution in [3.05, 3.63) is 11.7 Å². The molecule has 1 atom stereocenters. The Morgan fingerprint density at radius 1 is 1.48 bits per heavy atom. The van der Waals surface area contributed by atoms with E-state index in [9.17, 15) is 4.79 Å². The second kappa shape index (κ2) is 6.11. The zero-order chi connectivity index (χ0) is 14.7. The molecular weight excluding hydrogens is 272 g/mol. The van der Waals surface area contributed by atoms with Crippen LogP contribution in [0.3, 0.4) is 0 Å². The van der Waals surface area contributed by atoms with E-state index < -0.39 is 5.54 Å². The molecule has 1 saturated carbocycles. The van der Waals surface area contributed by atoms with E-state index in [1.807, 2.05) is 0 Å². The van der Waals surface area contributed by atoms with E-state index in [-0.39, 0.29) is 11.9 Å². The summed E-state index contributed by atoms with van der Waals surface area (Å²) < 4.78 is 10.5. The average molecular weight is 294 g/mol. The van der Waals surface area contributed by atoms with E-state index in [4.69, 9.17) is 9.26 Å². The number of nitrogens with one attached hydrogen (secondary N) is 2. The zero-order valence-electron chi connectivity index (χ0n) is 12.4. The molecule has 7 heteroatoms. The zero-order valence-corrected chi connectivity index (χ0v) is 12.4. The van der Waals surface area contributed by atoms with Crippen LogP contribution in [0.5, 0.6) is 0 Å². The Morgan fingerprint density at radius 2 is 2.29 bits per heavy atom. The van der Waals surface area contributed by atoms with Crippen molar-refractivity contribution in [1.29, 1.82) is 0 Å². The SMILES string of the molecule is Cc1nc(C2(NC(=O)CC3COCCN3)CCCC2)no1.